The maximum absolute atomic E-state index is 12.9. The Morgan fingerprint density at radius 3 is 2.56 bits per heavy atom. The van der Waals surface area contributed by atoms with Crippen molar-refractivity contribution in [3.8, 4) is 0 Å². The predicted molar refractivity (Wildman–Crippen MR) is 127 cm³/mol. The maximum Gasteiger partial charge on any atom is 0.261 e. The molecule has 2 heterocycles. The number of nitrogens with one attached hydrogen (secondary N) is 2. The third-order valence-corrected chi connectivity index (χ3v) is 8.45. The summed E-state index contributed by atoms with van der Waals surface area (Å²) in [6, 6.07) is 9.47. The molecule has 0 aliphatic carbocycles. The van der Waals surface area contributed by atoms with Gasteiger partial charge in [-0.15, -0.1) is 11.8 Å². The van der Waals surface area contributed by atoms with Gasteiger partial charge in [0.15, 0.2) is 5.25 Å². The number of hydrogen-bond donors (Lipinski definition) is 2. The van der Waals surface area contributed by atoms with Gasteiger partial charge in [0.25, 0.3) is 10.0 Å². The molecule has 1 saturated heterocycles. The highest BCUT2D eigenvalue weighted by atomic mass is 35.5. The predicted octanol–water partition coefficient (Wildman–Crippen LogP) is 4.26. The van der Waals surface area contributed by atoms with E-state index in [4.69, 9.17) is 11.6 Å². The summed E-state index contributed by atoms with van der Waals surface area (Å²) < 4.78 is 28.4. The third-order valence-electron chi connectivity index (χ3n) is 5.59. The molecule has 7 nitrogen and oxygen atoms in total. The van der Waals surface area contributed by atoms with E-state index in [0.717, 1.165) is 31.2 Å². The van der Waals surface area contributed by atoms with Gasteiger partial charge in [0, 0.05) is 23.0 Å². The Balaban J connectivity index is 1.54. The minimum Gasteiger partial charge on any atom is -0.341 e. The molecular formula is C22H24ClN3O4S2. The number of anilines is 2. The van der Waals surface area contributed by atoms with E-state index in [1.807, 2.05) is 0 Å². The van der Waals surface area contributed by atoms with E-state index in [9.17, 15) is 18.0 Å². The molecule has 2 N–H and O–H groups in total. The molecule has 2 aliphatic rings. The van der Waals surface area contributed by atoms with Crippen LogP contribution in [0.5, 0.6) is 0 Å². The number of likely N-dealkylation sites (tertiary alicyclic amines) is 1. The zero-order valence-electron chi connectivity index (χ0n) is 17.6. The number of sulfonamides is 1. The normalized spacial score (nSPS) is 19.0. The fourth-order valence-corrected chi connectivity index (χ4v) is 6.16. The number of nitrogens with zero attached hydrogens (tertiary/aromatic N) is 1. The Hall–Kier alpha value is -2.23. The zero-order valence-corrected chi connectivity index (χ0v) is 19.9. The molecule has 2 amide bonds. The molecule has 4 rings (SSSR count). The fourth-order valence-electron chi connectivity index (χ4n) is 3.78. The van der Waals surface area contributed by atoms with E-state index in [-0.39, 0.29) is 10.8 Å². The number of amides is 2. The van der Waals surface area contributed by atoms with Crippen LogP contribution in [0.3, 0.4) is 0 Å². The quantitative estimate of drug-likeness (QED) is 0.620. The molecule has 2 aliphatic heterocycles. The van der Waals surface area contributed by atoms with E-state index in [0.29, 0.717) is 34.4 Å². The number of fused-ring (bicyclic) bond motifs is 1. The highest BCUT2D eigenvalue weighted by Gasteiger charge is 2.36. The van der Waals surface area contributed by atoms with E-state index in [2.05, 4.69) is 10.0 Å². The Bertz CT molecular complexity index is 1160. The lowest BCUT2D eigenvalue weighted by molar-refractivity contribution is -0.133. The third kappa shape index (κ3) is 4.89. The lowest BCUT2D eigenvalue weighted by atomic mass is 10.2. The Kier molecular flexibility index (Phi) is 6.69. The Morgan fingerprint density at radius 2 is 1.84 bits per heavy atom. The first-order valence-corrected chi connectivity index (χ1v) is 13.2. The molecule has 0 spiro atoms. The van der Waals surface area contributed by atoms with Crippen molar-refractivity contribution in [2.75, 3.05) is 23.1 Å². The number of aryl methyl sites for hydroxylation is 1. The van der Waals surface area contributed by atoms with E-state index in [1.165, 1.54) is 23.9 Å². The number of rotatable bonds is 4. The molecule has 2 aromatic carbocycles. The molecule has 1 fully saturated rings. The van der Waals surface area contributed by atoms with E-state index < -0.39 is 21.2 Å². The number of carbonyl (C=O) groups is 2. The summed E-state index contributed by atoms with van der Waals surface area (Å²) in [5.74, 6) is -0.611. The average Bonchev–Trinajstić information content (AvgIpc) is 3.04. The van der Waals surface area contributed by atoms with Crippen LogP contribution in [0.15, 0.2) is 46.2 Å². The minimum atomic E-state index is -3.90. The smallest absolute Gasteiger partial charge is 0.261 e. The number of benzene rings is 2. The first kappa shape index (κ1) is 22.9. The summed E-state index contributed by atoms with van der Waals surface area (Å²) in [4.78, 5) is 28.1. The van der Waals surface area contributed by atoms with Crippen molar-refractivity contribution < 1.29 is 18.0 Å². The van der Waals surface area contributed by atoms with Crippen LogP contribution in [-0.2, 0) is 19.6 Å². The first-order valence-electron chi connectivity index (χ1n) is 10.4. The van der Waals surface area contributed by atoms with Crippen molar-refractivity contribution >= 4 is 56.6 Å². The van der Waals surface area contributed by atoms with Crippen molar-refractivity contribution in [3.63, 3.8) is 0 Å². The van der Waals surface area contributed by atoms with Crippen molar-refractivity contribution in [2.45, 2.75) is 47.6 Å². The van der Waals surface area contributed by atoms with Gasteiger partial charge in [0.2, 0.25) is 11.8 Å². The molecule has 0 aromatic heterocycles. The molecule has 0 bridgehead atoms. The largest absolute Gasteiger partial charge is 0.341 e. The van der Waals surface area contributed by atoms with Gasteiger partial charge in [-0.3, -0.25) is 14.3 Å². The number of thioether (sulfide) groups is 1. The van der Waals surface area contributed by atoms with Crippen LogP contribution in [0.25, 0.3) is 0 Å². The first-order chi connectivity index (χ1) is 15.2. The van der Waals surface area contributed by atoms with Crippen molar-refractivity contribution in [2.24, 2.45) is 0 Å². The number of carbonyl (C=O) groups excluding carboxylic acids is 2. The van der Waals surface area contributed by atoms with E-state index in [1.54, 1.807) is 36.1 Å². The average molecular weight is 494 g/mol. The molecule has 10 heteroatoms. The number of halogens is 1. The Labute approximate surface area is 196 Å². The lowest BCUT2D eigenvalue weighted by Gasteiger charge is -2.28. The SMILES string of the molecule is Cc1ccc(Cl)cc1NS(=O)(=O)c1ccc2c(c1)NC(=O)C(C(=O)N1CCCCCC1)S2. The summed E-state index contributed by atoms with van der Waals surface area (Å²) in [5, 5.41) is 2.28. The zero-order chi connectivity index (χ0) is 22.9. The van der Waals surface area contributed by atoms with Gasteiger partial charge in [-0.25, -0.2) is 8.42 Å². The van der Waals surface area contributed by atoms with Crippen LogP contribution in [-0.4, -0.2) is 43.5 Å². The fraction of sp³-hybridized carbons (Fsp3) is 0.364. The molecule has 1 unspecified atom stereocenters. The van der Waals surface area contributed by atoms with Gasteiger partial charge in [-0.05, 0) is 55.7 Å². The second-order valence-electron chi connectivity index (χ2n) is 7.95. The molecule has 2 aromatic rings. The summed E-state index contributed by atoms with van der Waals surface area (Å²) in [6.45, 7) is 3.11. The molecule has 32 heavy (non-hydrogen) atoms. The summed E-state index contributed by atoms with van der Waals surface area (Å²) in [5.41, 5.74) is 1.50. The molecule has 170 valence electrons. The van der Waals surface area contributed by atoms with Gasteiger partial charge in [-0.1, -0.05) is 30.5 Å². The summed E-state index contributed by atoms with van der Waals surface area (Å²) in [7, 11) is -3.90. The molecule has 0 saturated carbocycles. The van der Waals surface area contributed by atoms with Gasteiger partial charge >= 0.3 is 0 Å². The molecule has 0 radical (unpaired) electrons. The second kappa shape index (κ2) is 9.33. The van der Waals surface area contributed by atoms with Crippen LogP contribution >= 0.6 is 23.4 Å². The molecular weight excluding hydrogens is 470 g/mol. The Morgan fingerprint density at radius 1 is 1.12 bits per heavy atom. The van der Waals surface area contributed by atoms with Crippen molar-refractivity contribution in [1.82, 2.24) is 4.90 Å². The summed E-state index contributed by atoms with van der Waals surface area (Å²) >= 11 is 7.16. The van der Waals surface area contributed by atoms with E-state index >= 15 is 0 Å². The van der Waals surface area contributed by atoms with Crippen molar-refractivity contribution in [1.29, 1.82) is 0 Å². The molecule has 1 atom stereocenters. The minimum absolute atomic E-state index is 0.00817. The van der Waals surface area contributed by atoms with Crippen LogP contribution in [0, 0.1) is 6.92 Å². The summed E-state index contributed by atoms with van der Waals surface area (Å²) in [6.07, 6.45) is 4.08. The lowest BCUT2D eigenvalue weighted by Crippen LogP contribution is -2.45. The van der Waals surface area contributed by atoms with Gasteiger partial charge in [-0.2, -0.15) is 0 Å². The second-order valence-corrected chi connectivity index (χ2v) is 11.2. The van der Waals surface area contributed by atoms with Crippen molar-refractivity contribution in [3.05, 3.63) is 47.0 Å². The number of hydrogen-bond acceptors (Lipinski definition) is 5. The topological polar surface area (TPSA) is 95.6 Å². The highest BCUT2D eigenvalue weighted by molar-refractivity contribution is 8.01. The van der Waals surface area contributed by atoms with Gasteiger partial charge in [0.05, 0.1) is 16.3 Å². The van der Waals surface area contributed by atoms with Crippen LogP contribution in [0.4, 0.5) is 11.4 Å². The monoisotopic (exact) mass is 493 g/mol. The highest BCUT2D eigenvalue weighted by Crippen LogP contribution is 2.38. The van der Waals surface area contributed by atoms with Crippen LogP contribution < -0.4 is 10.0 Å². The van der Waals surface area contributed by atoms with Gasteiger partial charge in [0.1, 0.15) is 0 Å². The van der Waals surface area contributed by atoms with Gasteiger partial charge < -0.3 is 10.2 Å². The van der Waals surface area contributed by atoms with Crippen LogP contribution in [0.2, 0.25) is 5.02 Å². The standard InChI is InChI=1S/C22H24ClN3O4S2/c1-14-6-7-15(23)12-17(14)25-32(29,30)16-8-9-19-18(13-16)24-21(27)20(31-19)22(28)26-10-4-2-3-5-11-26/h6-9,12-13,20,25H,2-5,10-11H2,1H3,(H,24,27). The maximum atomic E-state index is 12.9. The van der Waals surface area contributed by atoms with Crippen LogP contribution in [0.1, 0.15) is 31.2 Å².